The van der Waals surface area contributed by atoms with Crippen LogP contribution in [0.3, 0.4) is 0 Å². The van der Waals surface area contributed by atoms with Crippen LogP contribution in [0.2, 0.25) is 0 Å². The molecule has 5 heteroatoms. The molecule has 0 spiro atoms. The zero-order valence-electron chi connectivity index (χ0n) is 4.34. The van der Waals surface area contributed by atoms with E-state index >= 15 is 0 Å². The van der Waals surface area contributed by atoms with Crippen LogP contribution in [0, 0.1) is 10.1 Å². The molecular weight excluding hydrogens is 110 g/mol. The first-order valence-electron chi connectivity index (χ1n) is 1.91. The maximum Gasteiger partial charge on any atom is 0.275 e. The van der Waals surface area contributed by atoms with Gasteiger partial charge in [-0.3, -0.25) is 15.8 Å². The van der Waals surface area contributed by atoms with Crippen molar-refractivity contribution < 1.29 is 4.92 Å². The Balaban J connectivity index is 3.75. The Kier molecular flexibility index (Phi) is 2.39. The average molecular weight is 116 g/mol. The molecule has 1 radical (unpaired) electrons. The Hall–Kier alpha value is -1.26. The lowest BCUT2D eigenvalue weighted by Gasteiger charge is -1.88. The summed E-state index contributed by atoms with van der Waals surface area (Å²) in [4.78, 5) is 8.86. The van der Waals surface area contributed by atoms with Gasteiger partial charge in [-0.25, -0.2) is 0 Å². The van der Waals surface area contributed by atoms with Crippen molar-refractivity contribution in [1.29, 1.82) is 0 Å². The highest BCUT2D eigenvalue weighted by Crippen LogP contribution is 1.76. The Morgan fingerprint density at radius 1 is 2.00 bits per heavy atom. The largest absolute Gasteiger partial charge is 0.368 e. The minimum Gasteiger partial charge on any atom is -0.368 e. The van der Waals surface area contributed by atoms with Gasteiger partial charge < -0.3 is 5.32 Å². The highest BCUT2D eigenvalue weighted by Gasteiger charge is 1.90. The van der Waals surface area contributed by atoms with Crippen LogP contribution in [-0.2, 0) is 0 Å². The molecule has 0 aromatic rings. The van der Waals surface area contributed by atoms with Gasteiger partial charge in [0.05, 0.1) is 4.92 Å². The maximum atomic E-state index is 9.54. The summed E-state index contributed by atoms with van der Waals surface area (Å²) in [5.74, 6) is -0.199. The zero-order valence-corrected chi connectivity index (χ0v) is 4.34. The second-order valence-electron chi connectivity index (χ2n) is 1.08. The fraction of sp³-hybridized carbons (Fsp3) is 0.333. The number of nitrogens with one attached hydrogen (secondary N) is 2. The van der Waals surface area contributed by atoms with Gasteiger partial charge in [0.1, 0.15) is 0 Å². The standard InChI is InChI=1S/C3H6N3O2/c1-5-3(4)2-6(7)8/h2,4-5H,1H3. The highest BCUT2D eigenvalue weighted by atomic mass is 16.6. The van der Waals surface area contributed by atoms with Gasteiger partial charge in [-0.2, -0.15) is 0 Å². The topological polar surface area (TPSA) is 79.0 Å². The van der Waals surface area contributed by atoms with Gasteiger partial charge >= 0.3 is 0 Å². The molecule has 45 valence electrons. The second-order valence-corrected chi connectivity index (χ2v) is 1.08. The molecule has 0 saturated carbocycles. The van der Waals surface area contributed by atoms with Crippen LogP contribution in [-0.4, -0.2) is 12.0 Å². The summed E-state index contributed by atoms with van der Waals surface area (Å²) >= 11 is 0. The molecule has 0 saturated heterocycles. The third-order valence-electron chi connectivity index (χ3n) is 0.504. The first-order valence-corrected chi connectivity index (χ1v) is 1.91. The number of hydrogen-bond acceptors (Lipinski definition) is 3. The molecule has 8 heavy (non-hydrogen) atoms. The van der Waals surface area contributed by atoms with E-state index in [1.54, 1.807) is 0 Å². The van der Waals surface area contributed by atoms with Gasteiger partial charge in [-0.15, -0.1) is 0 Å². The van der Waals surface area contributed by atoms with Crippen LogP contribution >= 0.6 is 0 Å². The van der Waals surface area contributed by atoms with Crippen molar-refractivity contribution in [3.8, 4) is 0 Å². The van der Waals surface area contributed by atoms with Crippen LogP contribution in [0.1, 0.15) is 0 Å². The van der Waals surface area contributed by atoms with E-state index in [0.717, 1.165) is 0 Å². The summed E-state index contributed by atoms with van der Waals surface area (Å²) in [6, 6.07) is 0. The lowest BCUT2D eigenvalue weighted by molar-refractivity contribution is -0.403. The van der Waals surface area contributed by atoms with Crippen LogP contribution in [0.15, 0.2) is 12.0 Å². The molecule has 0 aromatic heterocycles. The number of hydrogen-bond donors (Lipinski definition) is 1. The molecule has 0 heterocycles. The third kappa shape index (κ3) is 2.95. The minimum atomic E-state index is -0.682. The van der Waals surface area contributed by atoms with Gasteiger partial charge in [0, 0.05) is 7.05 Å². The quantitative estimate of drug-likeness (QED) is 0.392. The molecule has 2 N–H and O–H groups in total. The maximum absolute atomic E-state index is 9.54. The van der Waals surface area contributed by atoms with Crippen LogP contribution in [0.4, 0.5) is 0 Å². The number of nitro groups is 1. The van der Waals surface area contributed by atoms with E-state index in [1.807, 2.05) is 0 Å². The van der Waals surface area contributed by atoms with Crippen molar-refractivity contribution in [3.63, 3.8) is 0 Å². The normalized spacial score (nSPS) is 10.9. The summed E-state index contributed by atoms with van der Waals surface area (Å²) < 4.78 is 0. The number of nitrogens with zero attached hydrogens (tertiary/aromatic N) is 1. The second kappa shape index (κ2) is 2.84. The van der Waals surface area contributed by atoms with Gasteiger partial charge in [0.2, 0.25) is 0 Å². The fourth-order valence-corrected chi connectivity index (χ4v) is 0.170. The average Bonchev–Trinajstić information content (AvgIpc) is 1.65. The molecule has 0 unspecified atom stereocenters. The van der Waals surface area contributed by atoms with E-state index < -0.39 is 4.92 Å². The Labute approximate surface area is 46.3 Å². The number of rotatable bonds is 2. The predicted octanol–water partition coefficient (Wildman–Crippen LogP) is -0.436. The summed E-state index contributed by atoms with van der Waals surface area (Å²) in [6.45, 7) is 0. The Morgan fingerprint density at radius 2 is 2.50 bits per heavy atom. The SMILES string of the molecule is CNC([NH])=C[N+](=O)[O-]. The Morgan fingerprint density at radius 3 is 2.62 bits per heavy atom. The molecule has 0 aromatic carbocycles. The van der Waals surface area contributed by atoms with Crippen molar-refractivity contribution in [2.75, 3.05) is 7.05 Å². The highest BCUT2D eigenvalue weighted by molar-refractivity contribution is 4.83. The van der Waals surface area contributed by atoms with Crippen LogP contribution in [0.25, 0.3) is 0 Å². The molecule has 0 aliphatic rings. The monoisotopic (exact) mass is 116 g/mol. The lowest BCUT2D eigenvalue weighted by Crippen LogP contribution is -2.07. The smallest absolute Gasteiger partial charge is 0.275 e. The first kappa shape index (κ1) is 6.74. The molecule has 0 bridgehead atoms. The van der Waals surface area contributed by atoms with E-state index in [0.29, 0.717) is 6.20 Å². The summed E-state index contributed by atoms with van der Waals surface area (Å²) in [5.41, 5.74) is 6.66. The molecule has 0 aliphatic heterocycles. The molecule has 0 atom stereocenters. The third-order valence-corrected chi connectivity index (χ3v) is 0.504. The van der Waals surface area contributed by atoms with Crippen molar-refractivity contribution in [2.24, 2.45) is 0 Å². The van der Waals surface area contributed by atoms with Gasteiger partial charge in [0.25, 0.3) is 6.20 Å². The summed E-state index contributed by atoms with van der Waals surface area (Å²) in [6.07, 6.45) is 0.583. The summed E-state index contributed by atoms with van der Waals surface area (Å²) in [7, 11) is 1.45. The van der Waals surface area contributed by atoms with Gasteiger partial charge in [-0.1, -0.05) is 0 Å². The Bertz CT molecular complexity index is 120. The lowest BCUT2D eigenvalue weighted by atomic mass is 10.8. The summed E-state index contributed by atoms with van der Waals surface area (Å²) in [5, 5.41) is 11.8. The van der Waals surface area contributed by atoms with Gasteiger partial charge in [-0.05, 0) is 0 Å². The van der Waals surface area contributed by atoms with Crippen molar-refractivity contribution in [2.45, 2.75) is 0 Å². The van der Waals surface area contributed by atoms with E-state index in [2.05, 4.69) is 5.32 Å². The molecule has 0 amide bonds. The molecule has 5 nitrogen and oxygen atoms in total. The zero-order chi connectivity index (χ0) is 6.57. The molecule has 0 aliphatic carbocycles. The fourth-order valence-electron chi connectivity index (χ4n) is 0.170. The first-order chi connectivity index (χ1) is 3.66. The van der Waals surface area contributed by atoms with E-state index in [-0.39, 0.29) is 5.82 Å². The minimum absolute atomic E-state index is 0.199. The van der Waals surface area contributed by atoms with Crippen molar-refractivity contribution in [3.05, 3.63) is 22.1 Å². The van der Waals surface area contributed by atoms with E-state index in [9.17, 15) is 10.1 Å². The van der Waals surface area contributed by atoms with Crippen molar-refractivity contribution >= 4 is 0 Å². The molecule has 0 rings (SSSR count). The van der Waals surface area contributed by atoms with E-state index in [1.165, 1.54) is 7.05 Å². The van der Waals surface area contributed by atoms with E-state index in [4.69, 9.17) is 5.73 Å². The predicted molar refractivity (Wildman–Crippen MR) is 27.2 cm³/mol. The molecular formula is C3H6N3O2. The van der Waals surface area contributed by atoms with Crippen molar-refractivity contribution in [1.82, 2.24) is 11.1 Å². The van der Waals surface area contributed by atoms with Crippen LogP contribution in [0.5, 0.6) is 0 Å². The van der Waals surface area contributed by atoms with Gasteiger partial charge in [0.15, 0.2) is 5.82 Å². The van der Waals surface area contributed by atoms with Crippen LogP contribution < -0.4 is 11.1 Å². The molecule has 0 fully saturated rings.